The molecule has 3 rings (SSSR count). The predicted molar refractivity (Wildman–Crippen MR) is 82.4 cm³/mol. The molecular formula is C15H14FN3OS. The van der Waals surface area contributed by atoms with Crippen LogP contribution in [0.2, 0.25) is 0 Å². The lowest BCUT2D eigenvalue weighted by Gasteiger charge is -2.07. The van der Waals surface area contributed by atoms with E-state index in [0.717, 1.165) is 16.6 Å². The third-order valence-electron chi connectivity index (χ3n) is 3.13. The molecular weight excluding hydrogens is 289 g/mol. The molecule has 2 N–H and O–H groups in total. The average molecular weight is 303 g/mol. The first kappa shape index (κ1) is 13.8. The van der Waals surface area contributed by atoms with Crippen molar-refractivity contribution in [3.05, 3.63) is 40.5 Å². The number of hydrogen-bond acceptors (Lipinski definition) is 5. The van der Waals surface area contributed by atoms with E-state index in [2.05, 4.69) is 16.9 Å². The molecule has 0 aliphatic carbocycles. The first-order chi connectivity index (χ1) is 10.1. The Morgan fingerprint density at radius 1 is 1.29 bits per heavy atom. The van der Waals surface area contributed by atoms with Crippen molar-refractivity contribution >= 4 is 27.5 Å². The summed E-state index contributed by atoms with van der Waals surface area (Å²) < 4.78 is 19.3. The number of nitrogen functional groups attached to an aromatic ring is 1. The number of hydrogen-bond donors (Lipinski definition) is 1. The van der Waals surface area contributed by atoms with Crippen molar-refractivity contribution in [1.29, 1.82) is 0 Å². The van der Waals surface area contributed by atoms with Gasteiger partial charge < -0.3 is 10.5 Å². The maximum absolute atomic E-state index is 13.6. The van der Waals surface area contributed by atoms with E-state index in [4.69, 9.17) is 10.5 Å². The summed E-state index contributed by atoms with van der Waals surface area (Å²) in [6.45, 7) is 3.77. The Labute approximate surface area is 125 Å². The monoisotopic (exact) mass is 303 g/mol. The maximum Gasteiger partial charge on any atom is 0.232 e. The molecule has 3 aromatic rings. The van der Waals surface area contributed by atoms with Gasteiger partial charge in [-0.05, 0) is 31.0 Å². The first-order valence-electron chi connectivity index (χ1n) is 6.56. The van der Waals surface area contributed by atoms with Crippen LogP contribution >= 0.6 is 11.3 Å². The van der Waals surface area contributed by atoms with Crippen LogP contribution in [0.15, 0.2) is 24.3 Å². The fraction of sp³-hybridized carbons (Fsp3) is 0.200. The number of ether oxygens (including phenoxy) is 1. The van der Waals surface area contributed by atoms with Crippen molar-refractivity contribution in [3.63, 3.8) is 0 Å². The number of fused-ring (bicyclic) bond motifs is 1. The van der Waals surface area contributed by atoms with E-state index in [1.54, 1.807) is 30.4 Å². The minimum atomic E-state index is -0.315. The third-order valence-corrected chi connectivity index (χ3v) is 4.31. The molecule has 0 fully saturated rings. The fourth-order valence-corrected chi connectivity index (χ4v) is 2.93. The number of aromatic nitrogens is 2. The first-order valence-corrected chi connectivity index (χ1v) is 7.38. The van der Waals surface area contributed by atoms with Gasteiger partial charge in [-0.15, -0.1) is 11.3 Å². The molecule has 108 valence electrons. The van der Waals surface area contributed by atoms with Gasteiger partial charge in [0.1, 0.15) is 16.4 Å². The van der Waals surface area contributed by atoms with E-state index in [1.165, 1.54) is 10.9 Å². The second kappa shape index (κ2) is 5.29. The number of nitrogens with two attached hydrogens (primary N) is 1. The molecule has 6 heteroatoms. The van der Waals surface area contributed by atoms with Crippen LogP contribution in [0.4, 0.5) is 10.3 Å². The molecule has 0 atom stereocenters. The van der Waals surface area contributed by atoms with E-state index >= 15 is 0 Å². The molecule has 0 bridgehead atoms. The molecule has 2 heterocycles. The van der Waals surface area contributed by atoms with Gasteiger partial charge in [0.25, 0.3) is 0 Å². The summed E-state index contributed by atoms with van der Waals surface area (Å²) in [6, 6.07) is 6.69. The van der Waals surface area contributed by atoms with Gasteiger partial charge in [0.05, 0.1) is 5.39 Å². The molecule has 0 radical (unpaired) electrons. The Balaban J connectivity index is 2.06. The van der Waals surface area contributed by atoms with E-state index < -0.39 is 0 Å². The van der Waals surface area contributed by atoms with Crippen molar-refractivity contribution in [2.45, 2.75) is 20.3 Å². The number of nitrogens with zero attached hydrogens (tertiary/aromatic N) is 2. The zero-order valence-electron chi connectivity index (χ0n) is 11.7. The van der Waals surface area contributed by atoms with Crippen LogP contribution in [0.3, 0.4) is 0 Å². The molecule has 0 unspecified atom stereocenters. The van der Waals surface area contributed by atoms with Gasteiger partial charge in [-0.25, -0.2) is 9.37 Å². The van der Waals surface area contributed by atoms with Crippen LogP contribution in [0.5, 0.6) is 11.6 Å². The molecule has 0 saturated carbocycles. The summed E-state index contributed by atoms with van der Waals surface area (Å²) in [7, 11) is 0. The van der Waals surface area contributed by atoms with E-state index in [1.807, 2.05) is 6.07 Å². The van der Waals surface area contributed by atoms with Gasteiger partial charge in [0.15, 0.2) is 0 Å². The summed E-state index contributed by atoms with van der Waals surface area (Å²) in [5.41, 5.74) is 6.28. The summed E-state index contributed by atoms with van der Waals surface area (Å²) in [4.78, 5) is 10.3. The predicted octanol–water partition coefficient (Wildman–Crippen LogP) is 4.08. The Morgan fingerprint density at radius 3 is 2.81 bits per heavy atom. The molecule has 0 aliphatic rings. The minimum Gasteiger partial charge on any atom is -0.438 e. The van der Waals surface area contributed by atoms with Crippen molar-refractivity contribution < 1.29 is 9.13 Å². The standard InChI is InChI=1S/C15H14FN3OS/c1-3-10-7-11-13(18-15(17)19-14(11)21-10)20-9-5-4-8(2)12(16)6-9/h4-7H,3H2,1-2H3,(H2,17,18,19). The lowest BCUT2D eigenvalue weighted by atomic mass is 10.2. The number of aryl methyl sites for hydroxylation is 2. The van der Waals surface area contributed by atoms with Crippen LogP contribution < -0.4 is 10.5 Å². The van der Waals surface area contributed by atoms with E-state index in [0.29, 0.717) is 17.2 Å². The fourth-order valence-electron chi connectivity index (χ4n) is 1.96. The smallest absolute Gasteiger partial charge is 0.232 e. The Morgan fingerprint density at radius 2 is 2.10 bits per heavy atom. The molecule has 0 aliphatic heterocycles. The highest BCUT2D eigenvalue weighted by molar-refractivity contribution is 7.18. The second-order valence-corrected chi connectivity index (χ2v) is 5.80. The average Bonchev–Trinajstić information content (AvgIpc) is 2.86. The Bertz CT molecular complexity index is 816. The van der Waals surface area contributed by atoms with Gasteiger partial charge in [0, 0.05) is 10.9 Å². The van der Waals surface area contributed by atoms with Crippen molar-refractivity contribution in [2.24, 2.45) is 0 Å². The largest absolute Gasteiger partial charge is 0.438 e. The second-order valence-electron chi connectivity index (χ2n) is 4.69. The van der Waals surface area contributed by atoms with Gasteiger partial charge >= 0.3 is 0 Å². The molecule has 21 heavy (non-hydrogen) atoms. The van der Waals surface area contributed by atoms with Crippen molar-refractivity contribution in [2.75, 3.05) is 5.73 Å². The molecule has 0 saturated heterocycles. The molecule has 2 aromatic heterocycles. The van der Waals surface area contributed by atoms with Gasteiger partial charge in [0.2, 0.25) is 11.8 Å². The van der Waals surface area contributed by atoms with Gasteiger partial charge in [-0.3, -0.25) is 0 Å². The molecule has 4 nitrogen and oxygen atoms in total. The lowest BCUT2D eigenvalue weighted by Crippen LogP contribution is -1.97. The SMILES string of the molecule is CCc1cc2c(Oc3ccc(C)c(F)c3)nc(N)nc2s1. The zero-order valence-corrected chi connectivity index (χ0v) is 12.5. The van der Waals surface area contributed by atoms with Gasteiger partial charge in [-0.1, -0.05) is 13.0 Å². The highest BCUT2D eigenvalue weighted by Crippen LogP contribution is 2.33. The van der Waals surface area contributed by atoms with E-state index in [9.17, 15) is 4.39 Å². The Kier molecular flexibility index (Phi) is 3.47. The summed E-state index contributed by atoms with van der Waals surface area (Å²) in [6.07, 6.45) is 0.902. The number of halogens is 1. The van der Waals surface area contributed by atoms with Crippen LogP contribution in [-0.4, -0.2) is 9.97 Å². The van der Waals surface area contributed by atoms with Crippen LogP contribution in [-0.2, 0) is 6.42 Å². The number of rotatable bonds is 3. The summed E-state index contributed by atoms with van der Waals surface area (Å²) >= 11 is 1.56. The summed E-state index contributed by atoms with van der Waals surface area (Å²) in [5, 5.41) is 0.798. The highest BCUT2D eigenvalue weighted by atomic mass is 32.1. The molecule has 1 aromatic carbocycles. The minimum absolute atomic E-state index is 0.148. The quantitative estimate of drug-likeness (QED) is 0.792. The topological polar surface area (TPSA) is 61.0 Å². The van der Waals surface area contributed by atoms with Crippen molar-refractivity contribution in [1.82, 2.24) is 9.97 Å². The Hall–Kier alpha value is -2.21. The molecule has 0 spiro atoms. The number of anilines is 1. The van der Waals surface area contributed by atoms with Crippen LogP contribution in [0, 0.1) is 12.7 Å². The lowest BCUT2D eigenvalue weighted by molar-refractivity contribution is 0.463. The number of benzene rings is 1. The van der Waals surface area contributed by atoms with Crippen LogP contribution in [0.1, 0.15) is 17.4 Å². The maximum atomic E-state index is 13.6. The molecule has 0 amide bonds. The summed E-state index contributed by atoms with van der Waals surface area (Å²) in [5.74, 6) is 0.582. The highest BCUT2D eigenvalue weighted by Gasteiger charge is 2.12. The third kappa shape index (κ3) is 2.67. The normalized spacial score (nSPS) is 11.0. The van der Waals surface area contributed by atoms with Gasteiger partial charge in [-0.2, -0.15) is 4.98 Å². The van der Waals surface area contributed by atoms with Crippen LogP contribution in [0.25, 0.3) is 10.2 Å². The van der Waals surface area contributed by atoms with Crippen molar-refractivity contribution in [3.8, 4) is 11.6 Å². The zero-order chi connectivity index (χ0) is 15.0. The number of thiophene rings is 1. The van der Waals surface area contributed by atoms with E-state index in [-0.39, 0.29) is 11.8 Å².